The number of rotatable bonds is 2. The average Bonchev–Trinajstić information content (AvgIpc) is 2.63. The van der Waals surface area contributed by atoms with Crippen molar-refractivity contribution in [2.75, 3.05) is 5.32 Å². The minimum atomic E-state index is -0.319. The van der Waals surface area contributed by atoms with Crippen LogP contribution in [0.2, 0.25) is 5.02 Å². The lowest BCUT2D eigenvalue weighted by Gasteiger charge is -2.28. The smallest absolute Gasteiger partial charge is 0.128 e. The van der Waals surface area contributed by atoms with Gasteiger partial charge in [0.25, 0.3) is 0 Å². The molecule has 1 atom stereocenters. The molecule has 20 heavy (non-hydrogen) atoms. The van der Waals surface area contributed by atoms with Crippen LogP contribution < -0.4 is 10.1 Å². The van der Waals surface area contributed by atoms with Crippen LogP contribution in [0.5, 0.6) is 5.75 Å². The molecule has 2 aromatic carbocycles. The molecule has 0 saturated heterocycles. The molecule has 1 aliphatic rings. The predicted octanol–water partition coefficient (Wildman–Crippen LogP) is 5.43. The first-order chi connectivity index (χ1) is 9.47. The van der Waals surface area contributed by atoms with Gasteiger partial charge in [-0.15, -0.1) is 0 Å². The standard InChI is InChI=1S/C16H15BrClNO/c1-16(2)15(11-5-3-4-6-14(11)20-16)19-13-8-7-10(17)9-12(13)18/h3-9,15,19H,1-2H3. The predicted molar refractivity (Wildman–Crippen MR) is 86.7 cm³/mol. The monoisotopic (exact) mass is 351 g/mol. The molecule has 0 saturated carbocycles. The number of para-hydroxylation sites is 1. The summed E-state index contributed by atoms with van der Waals surface area (Å²) in [4.78, 5) is 0. The van der Waals surface area contributed by atoms with E-state index in [9.17, 15) is 0 Å². The highest BCUT2D eigenvalue weighted by molar-refractivity contribution is 9.10. The Labute approximate surface area is 132 Å². The van der Waals surface area contributed by atoms with Crippen LogP contribution in [0.15, 0.2) is 46.9 Å². The molecule has 1 N–H and O–H groups in total. The van der Waals surface area contributed by atoms with E-state index in [1.54, 1.807) is 0 Å². The minimum absolute atomic E-state index is 0.0670. The summed E-state index contributed by atoms with van der Waals surface area (Å²) in [5.74, 6) is 0.934. The molecular formula is C16H15BrClNO. The first-order valence-corrected chi connectivity index (χ1v) is 7.64. The molecule has 2 nitrogen and oxygen atoms in total. The number of benzene rings is 2. The van der Waals surface area contributed by atoms with Gasteiger partial charge in [0, 0.05) is 10.0 Å². The maximum absolute atomic E-state index is 6.29. The lowest BCUT2D eigenvalue weighted by Crippen LogP contribution is -2.34. The Morgan fingerprint density at radius 2 is 1.95 bits per heavy atom. The van der Waals surface area contributed by atoms with Gasteiger partial charge >= 0.3 is 0 Å². The molecule has 0 bridgehead atoms. The fourth-order valence-corrected chi connectivity index (χ4v) is 3.27. The highest BCUT2D eigenvalue weighted by Crippen LogP contribution is 2.45. The Morgan fingerprint density at radius 1 is 1.20 bits per heavy atom. The minimum Gasteiger partial charge on any atom is -0.485 e. The Hall–Kier alpha value is -1.19. The first-order valence-electron chi connectivity index (χ1n) is 6.47. The molecule has 1 unspecified atom stereocenters. The second-order valence-electron chi connectivity index (χ2n) is 5.44. The second kappa shape index (κ2) is 4.97. The van der Waals surface area contributed by atoms with Gasteiger partial charge in [-0.25, -0.2) is 0 Å². The fraction of sp³-hybridized carbons (Fsp3) is 0.250. The molecule has 1 aliphatic heterocycles. The summed E-state index contributed by atoms with van der Waals surface area (Å²) in [6, 6.07) is 14.0. The average molecular weight is 353 g/mol. The third-order valence-corrected chi connectivity index (χ3v) is 4.34. The Morgan fingerprint density at radius 3 is 2.70 bits per heavy atom. The number of anilines is 1. The van der Waals surface area contributed by atoms with Crippen LogP contribution in [-0.2, 0) is 0 Å². The lowest BCUT2D eigenvalue weighted by molar-refractivity contribution is 0.118. The van der Waals surface area contributed by atoms with Crippen LogP contribution in [0.3, 0.4) is 0 Å². The molecule has 0 radical (unpaired) electrons. The summed E-state index contributed by atoms with van der Waals surface area (Å²) in [5.41, 5.74) is 1.75. The van der Waals surface area contributed by atoms with Gasteiger partial charge in [0.2, 0.25) is 0 Å². The largest absolute Gasteiger partial charge is 0.485 e. The van der Waals surface area contributed by atoms with Gasteiger partial charge in [-0.2, -0.15) is 0 Å². The molecule has 0 aromatic heterocycles. The van der Waals surface area contributed by atoms with Crippen molar-refractivity contribution < 1.29 is 4.74 Å². The van der Waals surface area contributed by atoms with Gasteiger partial charge in [0.15, 0.2) is 0 Å². The summed E-state index contributed by atoms with van der Waals surface area (Å²) in [6.07, 6.45) is 0. The Balaban J connectivity index is 1.97. The number of nitrogens with one attached hydrogen (secondary N) is 1. The molecule has 104 valence electrons. The quantitative estimate of drug-likeness (QED) is 0.778. The van der Waals surface area contributed by atoms with E-state index in [4.69, 9.17) is 16.3 Å². The van der Waals surface area contributed by atoms with E-state index in [1.165, 1.54) is 0 Å². The van der Waals surface area contributed by atoms with E-state index in [1.807, 2.05) is 36.4 Å². The molecule has 2 aromatic rings. The molecule has 3 rings (SSSR count). The van der Waals surface area contributed by atoms with Crippen molar-refractivity contribution >= 4 is 33.2 Å². The molecule has 0 aliphatic carbocycles. The third-order valence-electron chi connectivity index (χ3n) is 3.53. The van der Waals surface area contributed by atoms with Gasteiger partial charge in [0.05, 0.1) is 16.8 Å². The van der Waals surface area contributed by atoms with Gasteiger partial charge in [-0.3, -0.25) is 0 Å². The van der Waals surface area contributed by atoms with Crippen LogP contribution in [-0.4, -0.2) is 5.60 Å². The Bertz CT molecular complexity index is 657. The maximum atomic E-state index is 6.29. The summed E-state index contributed by atoms with van der Waals surface area (Å²) in [7, 11) is 0. The zero-order valence-electron chi connectivity index (χ0n) is 11.3. The van der Waals surface area contributed by atoms with E-state index in [-0.39, 0.29) is 11.6 Å². The highest BCUT2D eigenvalue weighted by Gasteiger charge is 2.41. The molecule has 0 amide bonds. The molecule has 0 spiro atoms. The topological polar surface area (TPSA) is 21.3 Å². The van der Waals surface area contributed by atoms with Crippen molar-refractivity contribution in [3.63, 3.8) is 0 Å². The van der Waals surface area contributed by atoms with Gasteiger partial charge in [0.1, 0.15) is 11.4 Å². The number of ether oxygens (including phenoxy) is 1. The summed E-state index contributed by atoms with van der Waals surface area (Å²) in [5, 5.41) is 4.20. The van der Waals surface area contributed by atoms with Gasteiger partial charge in [-0.05, 0) is 38.1 Å². The van der Waals surface area contributed by atoms with Crippen molar-refractivity contribution in [3.8, 4) is 5.75 Å². The van der Waals surface area contributed by atoms with E-state index in [0.29, 0.717) is 5.02 Å². The zero-order chi connectivity index (χ0) is 14.3. The maximum Gasteiger partial charge on any atom is 0.128 e. The van der Waals surface area contributed by atoms with E-state index < -0.39 is 0 Å². The van der Waals surface area contributed by atoms with Crippen molar-refractivity contribution in [3.05, 3.63) is 57.5 Å². The van der Waals surface area contributed by atoms with Crippen LogP contribution in [0.1, 0.15) is 25.5 Å². The van der Waals surface area contributed by atoms with Crippen molar-refractivity contribution in [1.82, 2.24) is 0 Å². The summed E-state index contributed by atoms with van der Waals surface area (Å²) in [6.45, 7) is 4.16. The lowest BCUT2D eigenvalue weighted by atomic mass is 9.94. The normalized spacial score (nSPS) is 19.3. The molecular weight excluding hydrogens is 338 g/mol. The van der Waals surface area contributed by atoms with Crippen molar-refractivity contribution in [2.24, 2.45) is 0 Å². The van der Waals surface area contributed by atoms with Crippen molar-refractivity contribution in [2.45, 2.75) is 25.5 Å². The molecule has 1 heterocycles. The number of fused-ring (bicyclic) bond motifs is 1. The van der Waals surface area contributed by atoms with Crippen LogP contribution in [0, 0.1) is 0 Å². The van der Waals surface area contributed by atoms with Crippen molar-refractivity contribution in [1.29, 1.82) is 0 Å². The number of hydrogen-bond donors (Lipinski definition) is 1. The third kappa shape index (κ3) is 2.40. The van der Waals surface area contributed by atoms with E-state index >= 15 is 0 Å². The summed E-state index contributed by atoms with van der Waals surface area (Å²) >= 11 is 9.72. The first kappa shape index (κ1) is 13.8. The fourth-order valence-electron chi connectivity index (χ4n) is 2.54. The number of halogens is 2. The number of hydrogen-bond acceptors (Lipinski definition) is 2. The molecule has 4 heteroatoms. The summed E-state index contributed by atoms with van der Waals surface area (Å²) < 4.78 is 7.00. The van der Waals surface area contributed by atoms with E-state index in [0.717, 1.165) is 21.5 Å². The zero-order valence-corrected chi connectivity index (χ0v) is 13.6. The van der Waals surface area contributed by atoms with Crippen LogP contribution in [0.4, 0.5) is 5.69 Å². The highest BCUT2D eigenvalue weighted by atomic mass is 79.9. The second-order valence-corrected chi connectivity index (χ2v) is 6.77. The van der Waals surface area contributed by atoms with Gasteiger partial charge in [-0.1, -0.05) is 45.7 Å². The van der Waals surface area contributed by atoms with Gasteiger partial charge < -0.3 is 10.1 Å². The van der Waals surface area contributed by atoms with Crippen LogP contribution >= 0.6 is 27.5 Å². The van der Waals surface area contributed by atoms with Crippen LogP contribution in [0.25, 0.3) is 0 Å². The van der Waals surface area contributed by atoms with E-state index in [2.05, 4.69) is 41.2 Å². The molecule has 0 fully saturated rings. The SMILES string of the molecule is CC1(C)Oc2ccccc2C1Nc1ccc(Br)cc1Cl. The Kier molecular flexibility index (Phi) is 3.43.